The van der Waals surface area contributed by atoms with Crippen LogP contribution in [-0.2, 0) is 17.6 Å². The van der Waals surface area contributed by atoms with Gasteiger partial charge in [-0.15, -0.1) is 0 Å². The maximum atomic E-state index is 13.2. The zero-order valence-electron chi connectivity index (χ0n) is 16.6. The van der Waals surface area contributed by atoms with Crippen molar-refractivity contribution in [3.8, 4) is 0 Å². The molecule has 0 aliphatic carbocycles. The quantitative estimate of drug-likeness (QED) is 0.772. The van der Waals surface area contributed by atoms with Gasteiger partial charge in [0, 0.05) is 44.9 Å². The highest BCUT2D eigenvalue weighted by Crippen LogP contribution is 2.18. The number of hydrogen-bond donors (Lipinski definition) is 0. The SMILES string of the molecule is O=C(c1ccccc1CCc1ccccc1)N1CCN(C[C@@H]2CCCO2)CC1. The second kappa shape index (κ2) is 9.35. The van der Waals surface area contributed by atoms with Crippen LogP contribution in [0.15, 0.2) is 54.6 Å². The smallest absolute Gasteiger partial charge is 0.254 e. The number of ether oxygens (including phenoxy) is 1. The third-order valence-electron chi connectivity index (χ3n) is 5.92. The van der Waals surface area contributed by atoms with E-state index in [-0.39, 0.29) is 5.91 Å². The summed E-state index contributed by atoms with van der Waals surface area (Å²) in [7, 11) is 0. The summed E-state index contributed by atoms with van der Waals surface area (Å²) >= 11 is 0. The second-order valence-electron chi connectivity index (χ2n) is 7.87. The fourth-order valence-corrected chi connectivity index (χ4v) is 4.25. The van der Waals surface area contributed by atoms with E-state index in [2.05, 4.69) is 35.2 Å². The standard InChI is InChI=1S/C24H30N2O2/c27-24(26-16-14-25(15-17-26)19-22-10-6-18-28-22)23-11-5-4-9-21(23)13-12-20-7-2-1-3-8-20/h1-5,7-9,11,22H,6,10,12-19H2/t22-/m0/s1. The number of carbonyl (C=O) groups is 1. The lowest BCUT2D eigenvalue weighted by Crippen LogP contribution is -2.50. The Morgan fingerprint density at radius 3 is 2.43 bits per heavy atom. The molecule has 0 aromatic heterocycles. The predicted molar refractivity (Wildman–Crippen MR) is 112 cm³/mol. The van der Waals surface area contributed by atoms with Crippen LogP contribution in [-0.4, -0.2) is 61.1 Å². The first-order chi connectivity index (χ1) is 13.8. The van der Waals surface area contributed by atoms with Crippen LogP contribution in [0.25, 0.3) is 0 Å². The predicted octanol–water partition coefficient (Wildman–Crippen LogP) is 3.41. The Hall–Kier alpha value is -2.17. The molecular formula is C24H30N2O2. The minimum atomic E-state index is 0.181. The number of piperazine rings is 1. The lowest BCUT2D eigenvalue weighted by atomic mass is 9.99. The van der Waals surface area contributed by atoms with Crippen molar-refractivity contribution in [1.29, 1.82) is 0 Å². The molecule has 2 fully saturated rings. The second-order valence-corrected chi connectivity index (χ2v) is 7.87. The number of rotatable bonds is 6. The van der Waals surface area contributed by atoms with E-state index in [1.807, 2.05) is 29.2 Å². The highest BCUT2D eigenvalue weighted by molar-refractivity contribution is 5.95. The number of hydrogen-bond acceptors (Lipinski definition) is 3. The van der Waals surface area contributed by atoms with E-state index in [0.717, 1.165) is 63.3 Å². The molecule has 0 bridgehead atoms. The molecule has 2 aliphatic rings. The summed E-state index contributed by atoms with van der Waals surface area (Å²) in [5, 5.41) is 0. The molecule has 2 aromatic carbocycles. The molecule has 0 saturated carbocycles. The van der Waals surface area contributed by atoms with E-state index in [4.69, 9.17) is 4.74 Å². The fraction of sp³-hybridized carbons (Fsp3) is 0.458. The molecule has 4 nitrogen and oxygen atoms in total. The summed E-state index contributed by atoms with van der Waals surface area (Å²) < 4.78 is 5.76. The Bertz CT molecular complexity index is 763. The minimum absolute atomic E-state index is 0.181. The topological polar surface area (TPSA) is 32.8 Å². The number of carbonyl (C=O) groups excluding carboxylic acids is 1. The van der Waals surface area contributed by atoms with Gasteiger partial charge in [-0.05, 0) is 42.9 Å². The van der Waals surface area contributed by atoms with Gasteiger partial charge in [-0.25, -0.2) is 0 Å². The number of amides is 1. The average Bonchev–Trinajstić information content (AvgIpc) is 3.26. The largest absolute Gasteiger partial charge is 0.377 e. The lowest BCUT2D eigenvalue weighted by molar-refractivity contribution is 0.0432. The van der Waals surface area contributed by atoms with Crippen LogP contribution < -0.4 is 0 Å². The van der Waals surface area contributed by atoms with Crippen molar-refractivity contribution in [2.24, 2.45) is 0 Å². The molecule has 4 rings (SSSR count). The molecule has 28 heavy (non-hydrogen) atoms. The van der Waals surface area contributed by atoms with Gasteiger partial charge in [0.05, 0.1) is 6.10 Å². The molecule has 0 spiro atoms. The van der Waals surface area contributed by atoms with Gasteiger partial charge in [-0.2, -0.15) is 0 Å². The van der Waals surface area contributed by atoms with E-state index >= 15 is 0 Å². The zero-order chi connectivity index (χ0) is 19.2. The van der Waals surface area contributed by atoms with Gasteiger partial charge < -0.3 is 9.64 Å². The summed E-state index contributed by atoms with van der Waals surface area (Å²) in [4.78, 5) is 17.6. The van der Waals surface area contributed by atoms with Crippen molar-refractivity contribution >= 4 is 5.91 Å². The van der Waals surface area contributed by atoms with E-state index in [0.29, 0.717) is 6.10 Å². The highest BCUT2D eigenvalue weighted by Gasteiger charge is 2.26. The summed E-state index contributed by atoms with van der Waals surface area (Å²) in [6.07, 6.45) is 4.60. The summed E-state index contributed by atoms with van der Waals surface area (Å²) in [5.41, 5.74) is 3.33. The van der Waals surface area contributed by atoms with Gasteiger partial charge in [0.15, 0.2) is 0 Å². The Kier molecular flexibility index (Phi) is 6.40. The zero-order valence-corrected chi connectivity index (χ0v) is 16.6. The van der Waals surface area contributed by atoms with Gasteiger partial charge in [0.2, 0.25) is 0 Å². The molecule has 1 amide bonds. The van der Waals surface area contributed by atoms with Crippen LogP contribution in [0.3, 0.4) is 0 Å². The van der Waals surface area contributed by atoms with E-state index in [1.54, 1.807) is 0 Å². The van der Waals surface area contributed by atoms with Crippen LogP contribution in [0.2, 0.25) is 0 Å². The Labute approximate surface area is 168 Å². The monoisotopic (exact) mass is 378 g/mol. The third kappa shape index (κ3) is 4.81. The van der Waals surface area contributed by atoms with Gasteiger partial charge in [-0.1, -0.05) is 48.5 Å². The molecule has 0 N–H and O–H groups in total. The van der Waals surface area contributed by atoms with E-state index in [9.17, 15) is 4.79 Å². The van der Waals surface area contributed by atoms with Crippen molar-refractivity contribution in [2.45, 2.75) is 31.8 Å². The van der Waals surface area contributed by atoms with Crippen molar-refractivity contribution in [3.63, 3.8) is 0 Å². The first kappa shape index (κ1) is 19.2. The molecule has 2 saturated heterocycles. The van der Waals surface area contributed by atoms with Gasteiger partial charge >= 0.3 is 0 Å². The Morgan fingerprint density at radius 1 is 0.929 bits per heavy atom. The van der Waals surface area contributed by atoms with E-state index in [1.165, 1.54) is 18.4 Å². The number of aryl methyl sites for hydroxylation is 2. The third-order valence-corrected chi connectivity index (χ3v) is 5.92. The van der Waals surface area contributed by atoms with Gasteiger partial charge in [-0.3, -0.25) is 9.69 Å². The summed E-state index contributed by atoms with van der Waals surface area (Å²) in [5.74, 6) is 0.181. The molecule has 148 valence electrons. The van der Waals surface area contributed by atoms with Crippen LogP contribution >= 0.6 is 0 Å². The highest BCUT2D eigenvalue weighted by atomic mass is 16.5. The summed E-state index contributed by atoms with van der Waals surface area (Å²) in [6, 6.07) is 18.6. The first-order valence-corrected chi connectivity index (χ1v) is 10.5. The van der Waals surface area contributed by atoms with E-state index < -0.39 is 0 Å². The van der Waals surface area contributed by atoms with Crippen LogP contribution in [0.1, 0.15) is 34.3 Å². The molecule has 0 radical (unpaired) electrons. The molecule has 2 aromatic rings. The maximum Gasteiger partial charge on any atom is 0.254 e. The first-order valence-electron chi connectivity index (χ1n) is 10.5. The maximum absolute atomic E-state index is 13.2. The normalized spacial score (nSPS) is 20.4. The Morgan fingerprint density at radius 2 is 1.68 bits per heavy atom. The fourth-order valence-electron chi connectivity index (χ4n) is 4.25. The van der Waals surface area contributed by atoms with Crippen molar-refractivity contribution in [2.75, 3.05) is 39.3 Å². The molecule has 4 heteroatoms. The minimum Gasteiger partial charge on any atom is -0.377 e. The van der Waals surface area contributed by atoms with Gasteiger partial charge in [0.25, 0.3) is 5.91 Å². The molecule has 2 aliphatic heterocycles. The van der Waals surface area contributed by atoms with Crippen molar-refractivity contribution in [1.82, 2.24) is 9.80 Å². The van der Waals surface area contributed by atoms with Crippen molar-refractivity contribution in [3.05, 3.63) is 71.3 Å². The molecule has 1 atom stereocenters. The molecular weight excluding hydrogens is 348 g/mol. The number of benzene rings is 2. The van der Waals surface area contributed by atoms with Crippen molar-refractivity contribution < 1.29 is 9.53 Å². The van der Waals surface area contributed by atoms with Crippen LogP contribution in [0, 0.1) is 0 Å². The Balaban J connectivity index is 1.34. The van der Waals surface area contributed by atoms with Gasteiger partial charge in [0.1, 0.15) is 0 Å². The van der Waals surface area contributed by atoms with Crippen LogP contribution in [0.5, 0.6) is 0 Å². The number of nitrogens with zero attached hydrogens (tertiary/aromatic N) is 2. The van der Waals surface area contributed by atoms with Crippen LogP contribution in [0.4, 0.5) is 0 Å². The lowest BCUT2D eigenvalue weighted by Gasteiger charge is -2.36. The molecule has 2 heterocycles. The average molecular weight is 379 g/mol. The molecule has 0 unspecified atom stereocenters. The summed E-state index contributed by atoms with van der Waals surface area (Å²) in [6.45, 7) is 5.41.